The smallest absolute Gasteiger partial charge is 0.0543 e. The monoisotopic (exact) mass is 619 g/mol. The lowest BCUT2D eigenvalue weighted by Crippen LogP contribution is -2.43. The third-order valence-corrected chi connectivity index (χ3v) is 12.2. The van der Waals surface area contributed by atoms with Gasteiger partial charge in [-0.05, 0) is 102 Å². The molecule has 0 aliphatic heterocycles. The third kappa shape index (κ3) is 3.85. The molecule has 7 aromatic rings. The number of nitrogens with zero attached hydrogens (tertiary/aromatic N) is 1. The predicted molar refractivity (Wildman–Crippen MR) is 205 cm³/mol. The molecule has 9 rings (SSSR count). The highest BCUT2D eigenvalue weighted by molar-refractivity contribution is 6.10. The van der Waals surface area contributed by atoms with Crippen molar-refractivity contribution in [2.75, 3.05) is 4.90 Å². The van der Waals surface area contributed by atoms with Gasteiger partial charge < -0.3 is 4.90 Å². The molecule has 0 heterocycles. The Hall–Kier alpha value is -5.14. The van der Waals surface area contributed by atoms with E-state index in [1.807, 2.05) is 0 Å². The molecule has 0 saturated heterocycles. The van der Waals surface area contributed by atoms with Gasteiger partial charge >= 0.3 is 0 Å². The van der Waals surface area contributed by atoms with Crippen molar-refractivity contribution in [3.63, 3.8) is 0 Å². The van der Waals surface area contributed by atoms with Crippen molar-refractivity contribution in [1.82, 2.24) is 0 Å². The molecule has 0 saturated carbocycles. The fraction of sp³-hybridized carbons (Fsp3) is 0.191. The first-order valence-electron chi connectivity index (χ1n) is 17.3. The molecule has 2 aliphatic rings. The van der Waals surface area contributed by atoms with Crippen molar-refractivity contribution in [2.45, 2.75) is 57.8 Å². The minimum absolute atomic E-state index is 0.0426. The van der Waals surface area contributed by atoms with Crippen LogP contribution in [0, 0.1) is 0 Å². The average molecular weight is 620 g/mol. The molecule has 1 nitrogen and oxygen atoms in total. The van der Waals surface area contributed by atoms with Gasteiger partial charge in [-0.2, -0.15) is 0 Å². The van der Waals surface area contributed by atoms with Crippen LogP contribution in [0.2, 0.25) is 0 Å². The Morgan fingerprint density at radius 2 is 0.958 bits per heavy atom. The highest BCUT2D eigenvalue weighted by atomic mass is 15.1. The number of hydrogen-bond acceptors (Lipinski definition) is 1. The molecule has 0 fully saturated rings. The summed E-state index contributed by atoms with van der Waals surface area (Å²) in [6, 6.07) is 52.4. The zero-order chi connectivity index (χ0) is 33.0. The van der Waals surface area contributed by atoms with Crippen LogP contribution in [0.4, 0.5) is 17.1 Å². The molecule has 7 aromatic carbocycles. The summed E-state index contributed by atoms with van der Waals surface area (Å²) in [5.74, 6) is 0. The van der Waals surface area contributed by atoms with Crippen LogP contribution in [0.15, 0.2) is 140 Å². The van der Waals surface area contributed by atoms with Gasteiger partial charge in [-0.3, -0.25) is 0 Å². The predicted octanol–water partition coefficient (Wildman–Crippen LogP) is 13.0. The molecule has 0 N–H and O–H groups in total. The largest absolute Gasteiger partial charge is 0.310 e. The van der Waals surface area contributed by atoms with Gasteiger partial charge in [0.25, 0.3) is 0 Å². The first kappa shape index (κ1) is 29.0. The maximum atomic E-state index is 2.53. The lowest BCUT2D eigenvalue weighted by molar-refractivity contribution is 0.299. The topological polar surface area (TPSA) is 3.24 Å². The fourth-order valence-electron chi connectivity index (χ4n) is 8.82. The van der Waals surface area contributed by atoms with Gasteiger partial charge in [0.1, 0.15) is 0 Å². The van der Waals surface area contributed by atoms with Gasteiger partial charge in [0.05, 0.1) is 5.69 Å². The summed E-state index contributed by atoms with van der Waals surface area (Å²) in [5.41, 5.74) is 14.3. The SMILES string of the molecule is CC1(C)c2ccccc2-c2c1cc(N(c1ccc3c(c1)C(C)(C)C(C)(C)c1ccccc1-3)c1ccc3ccccc3c1)c1ccccc21. The van der Waals surface area contributed by atoms with Gasteiger partial charge in [0.2, 0.25) is 0 Å². The highest BCUT2D eigenvalue weighted by Gasteiger charge is 2.46. The van der Waals surface area contributed by atoms with Crippen molar-refractivity contribution in [3.8, 4) is 22.3 Å². The number of rotatable bonds is 3. The highest BCUT2D eigenvalue weighted by Crippen LogP contribution is 2.57. The van der Waals surface area contributed by atoms with Crippen LogP contribution in [0.25, 0.3) is 43.8 Å². The maximum absolute atomic E-state index is 2.53. The van der Waals surface area contributed by atoms with Crippen molar-refractivity contribution < 1.29 is 0 Å². The zero-order valence-corrected chi connectivity index (χ0v) is 28.7. The Kier molecular flexibility index (Phi) is 6.01. The first-order chi connectivity index (χ1) is 23.1. The van der Waals surface area contributed by atoms with E-state index in [1.165, 1.54) is 83.1 Å². The van der Waals surface area contributed by atoms with Crippen LogP contribution < -0.4 is 4.90 Å². The Labute approximate surface area is 284 Å². The third-order valence-electron chi connectivity index (χ3n) is 12.2. The number of hydrogen-bond donors (Lipinski definition) is 0. The molecule has 0 bridgehead atoms. The van der Waals surface area contributed by atoms with Crippen LogP contribution in [-0.2, 0) is 16.2 Å². The average Bonchev–Trinajstić information content (AvgIpc) is 3.34. The molecular weight excluding hydrogens is 579 g/mol. The number of fused-ring (bicyclic) bond motifs is 9. The first-order valence-corrected chi connectivity index (χ1v) is 17.3. The number of benzene rings is 7. The number of anilines is 3. The molecule has 0 aromatic heterocycles. The molecule has 0 radical (unpaired) electrons. The van der Waals surface area contributed by atoms with E-state index < -0.39 is 0 Å². The van der Waals surface area contributed by atoms with E-state index in [2.05, 4.69) is 186 Å². The molecule has 48 heavy (non-hydrogen) atoms. The van der Waals surface area contributed by atoms with Crippen molar-refractivity contribution in [1.29, 1.82) is 0 Å². The lowest BCUT2D eigenvalue weighted by Gasteiger charge is -2.48. The molecule has 0 atom stereocenters. The minimum atomic E-state index is -0.120. The van der Waals surface area contributed by atoms with E-state index in [0.717, 1.165) is 0 Å². The van der Waals surface area contributed by atoms with Gasteiger partial charge in [0.15, 0.2) is 0 Å². The molecule has 2 aliphatic carbocycles. The van der Waals surface area contributed by atoms with Crippen molar-refractivity contribution >= 4 is 38.6 Å². The molecule has 1 heteroatoms. The summed E-state index contributed by atoms with van der Waals surface area (Å²) >= 11 is 0. The summed E-state index contributed by atoms with van der Waals surface area (Å²) < 4.78 is 0. The zero-order valence-electron chi connectivity index (χ0n) is 28.7. The van der Waals surface area contributed by atoms with Crippen LogP contribution in [-0.4, -0.2) is 0 Å². The lowest BCUT2D eigenvalue weighted by atomic mass is 9.55. The fourth-order valence-corrected chi connectivity index (χ4v) is 8.82. The van der Waals surface area contributed by atoms with Gasteiger partial charge in [-0.15, -0.1) is 0 Å². The second-order valence-electron chi connectivity index (χ2n) is 15.4. The standard InChI is InChI=1S/C47H41N/c1-45(2)39-21-13-12-20-38(39)44-37-19-10-9-18-36(37)43(29-42(44)45)48(32-24-23-30-15-7-8-16-31(30)27-32)33-25-26-35-34-17-11-14-22-40(34)46(3,4)47(5,6)41(35)28-33/h7-29H,1-6H3. The summed E-state index contributed by atoms with van der Waals surface area (Å²) in [5, 5.41) is 5.06. The van der Waals surface area contributed by atoms with Crippen LogP contribution in [0.3, 0.4) is 0 Å². The normalized spacial score (nSPS) is 16.2. The quantitative estimate of drug-likeness (QED) is 0.190. The van der Waals surface area contributed by atoms with Gasteiger partial charge in [-0.25, -0.2) is 0 Å². The van der Waals surface area contributed by atoms with E-state index in [0.29, 0.717) is 0 Å². The van der Waals surface area contributed by atoms with E-state index in [4.69, 9.17) is 0 Å². The molecular formula is C47H41N. The van der Waals surface area contributed by atoms with E-state index >= 15 is 0 Å². The van der Waals surface area contributed by atoms with E-state index in [9.17, 15) is 0 Å². The molecule has 0 spiro atoms. The van der Waals surface area contributed by atoms with Gasteiger partial charge in [-0.1, -0.05) is 151 Å². The van der Waals surface area contributed by atoms with E-state index in [-0.39, 0.29) is 16.2 Å². The van der Waals surface area contributed by atoms with Gasteiger partial charge in [0, 0.05) is 22.2 Å². The van der Waals surface area contributed by atoms with E-state index in [1.54, 1.807) is 0 Å². The second kappa shape index (κ2) is 9.94. The molecule has 0 unspecified atom stereocenters. The Morgan fingerprint density at radius 1 is 0.396 bits per heavy atom. The second-order valence-corrected chi connectivity index (χ2v) is 15.4. The van der Waals surface area contributed by atoms with Crippen LogP contribution >= 0.6 is 0 Å². The van der Waals surface area contributed by atoms with Crippen LogP contribution in [0.5, 0.6) is 0 Å². The summed E-state index contributed by atoms with van der Waals surface area (Å²) in [7, 11) is 0. The maximum Gasteiger partial charge on any atom is 0.0543 e. The van der Waals surface area contributed by atoms with Crippen molar-refractivity contribution in [3.05, 3.63) is 162 Å². The Balaban J connectivity index is 1.36. The Morgan fingerprint density at radius 3 is 1.75 bits per heavy atom. The minimum Gasteiger partial charge on any atom is -0.310 e. The molecule has 234 valence electrons. The summed E-state index contributed by atoms with van der Waals surface area (Å²) in [4.78, 5) is 2.53. The summed E-state index contributed by atoms with van der Waals surface area (Å²) in [6.07, 6.45) is 0. The molecule has 0 amide bonds. The van der Waals surface area contributed by atoms with Crippen molar-refractivity contribution in [2.24, 2.45) is 0 Å². The summed E-state index contributed by atoms with van der Waals surface area (Å²) in [6.45, 7) is 14.5. The Bertz CT molecular complexity index is 2440. The van der Waals surface area contributed by atoms with Crippen LogP contribution in [0.1, 0.15) is 63.8 Å².